The van der Waals surface area contributed by atoms with Crippen molar-refractivity contribution in [2.75, 3.05) is 12.4 Å². The Hall–Kier alpha value is -2.29. The van der Waals surface area contributed by atoms with Crippen molar-refractivity contribution in [1.82, 2.24) is 0 Å². The van der Waals surface area contributed by atoms with Crippen LogP contribution >= 0.6 is 0 Å². The highest BCUT2D eigenvalue weighted by Crippen LogP contribution is 2.50. The van der Waals surface area contributed by atoms with Gasteiger partial charge in [0.15, 0.2) is 0 Å². The van der Waals surface area contributed by atoms with Crippen LogP contribution in [0.25, 0.3) is 0 Å². The number of anilines is 1. The second kappa shape index (κ2) is 5.24. The minimum atomic E-state index is -0.0886. The fourth-order valence-electron chi connectivity index (χ4n) is 2.51. The smallest absolute Gasteiger partial charge is 0.255 e. The lowest BCUT2D eigenvalue weighted by molar-refractivity contribution is 0.102. The molecule has 0 radical (unpaired) electrons. The summed E-state index contributed by atoms with van der Waals surface area (Å²) in [5, 5.41) is 3.03. The fourth-order valence-corrected chi connectivity index (χ4v) is 2.51. The summed E-state index contributed by atoms with van der Waals surface area (Å²) in [5.74, 6) is 0.659. The van der Waals surface area contributed by atoms with Crippen LogP contribution in [0.15, 0.2) is 48.5 Å². The van der Waals surface area contributed by atoms with Gasteiger partial charge in [-0.05, 0) is 54.2 Å². The van der Waals surface area contributed by atoms with Crippen molar-refractivity contribution < 1.29 is 9.53 Å². The van der Waals surface area contributed by atoms with Crippen LogP contribution in [0, 0.1) is 0 Å². The summed E-state index contributed by atoms with van der Waals surface area (Å²) in [5.41, 5.74) is 3.00. The first-order valence-corrected chi connectivity index (χ1v) is 7.17. The zero-order valence-electron chi connectivity index (χ0n) is 12.3. The van der Waals surface area contributed by atoms with Gasteiger partial charge < -0.3 is 10.1 Å². The molecule has 3 rings (SSSR count). The maximum absolute atomic E-state index is 12.4. The molecule has 21 heavy (non-hydrogen) atoms. The Bertz CT molecular complexity index is 657. The number of carbonyl (C=O) groups excluding carboxylic acids is 1. The Balaban J connectivity index is 1.81. The van der Waals surface area contributed by atoms with Crippen LogP contribution in [0.1, 0.15) is 35.7 Å². The predicted octanol–water partition coefficient (Wildman–Crippen LogP) is 4.00. The molecule has 1 amide bonds. The van der Waals surface area contributed by atoms with E-state index < -0.39 is 0 Å². The lowest BCUT2D eigenvalue weighted by Crippen LogP contribution is -2.15. The highest BCUT2D eigenvalue weighted by atomic mass is 16.5. The van der Waals surface area contributed by atoms with Gasteiger partial charge >= 0.3 is 0 Å². The molecule has 0 aromatic heterocycles. The Morgan fingerprint density at radius 2 is 1.76 bits per heavy atom. The van der Waals surface area contributed by atoms with E-state index in [9.17, 15) is 4.79 Å². The zero-order valence-corrected chi connectivity index (χ0v) is 12.3. The molecule has 0 spiro atoms. The van der Waals surface area contributed by atoms with E-state index in [1.165, 1.54) is 18.4 Å². The van der Waals surface area contributed by atoms with Gasteiger partial charge in [-0.2, -0.15) is 0 Å². The number of para-hydroxylation sites is 1. The maximum atomic E-state index is 12.4. The number of ether oxygens (including phenoxy) is 1. The highest BCUT2D eigenvalue weighted by molar-refractivity contribution is 6.04. The minimum absolute atomic E-state index is 0.0886. The van der Waals surface area contributed by atoms with Crippen molar-refractivity contribution in [3.63, 3.8) is 0 Å². The number of hydrogen-bond donors (Lipinski definition) is 1. The molecule has 0 unspecified atom stereocenters. The summed E-state index contributed by atoms with van der Waals surface area (Å²) < 4.78 is 5.11. The predicted molar refractivity (Wildman–Crippen MR) is 84.0 cm³/mol. The van der Waals surface area contributed by atoms with E-state index in [2.05, 4.69) is 18.3 Å². The summed E-state index contributed by atoms with van der Waals surface area (Å²) in [6.07, 6.45) is 2.37. The third kappa shape index (κ3) is 2.77. The van der Waals surface area contributed by atoms with Gasteiger partial charge in [-0.15, -0.1) is 0 Å². The summed E-state index contributed by atoms with van der Waals surface area (Å²) >= 11 is 0. The molecule has 108 valence electrons. The number of amides is 1. The fraction of sp³-hybridized carbons (Fsp3) is 0.278. The lowest BCUT2D eigenvalue weighted by Gasteiger charge is -2.15. The first-order valence-electron chi connectivity index (χ1n) is 7.17. The summed E-state index contributed by atoms with van der Waals surface area (Å²) in [7, 11) is 1.61. The Morgan fingerprint density at radius 3 is 2.38 bits per heavy atom. The first-order chi connectivity index (χ1) is 10.1. The van der Waals surface area contributed by atoms with Crippen LogP contribution < -0.4 is 10.1 Å². The molecular weight excluding hydrogens is 262 g/mol. The van der Waals surface area contributed by atoms with Gasteiger partial charge in [0.2, 0.25) is 0 Å². The van der Waals surface area contributed by atoms with Gasteiger partial charge in [0.05, 0.1) is 7.11 Å². The van der Waals surface area contributed by atoms with E-state index >= 15 is 0 Å². The molecule has 0 bridgehead atoms. The molecule has 1 fully saturated rings. The third-order valence-corrected chi connectivity index (χ3v) is 4.18. The standard InChI is InChI=1S/C18H19NO2/c1-18(11-12-18)15-5-3-4-6-16(15)19-17(20)13-7-9-14(21-2)10-8-13/h3-10H,11-12H2,1-2H3,(H,19,20). The van der Waals surface area contributed by atoms with Crippen LogP contribution in [-0.4, -0.2) is 13.0 Å². The van der Waals surface area contributed by atoms with Crippen molar-refractivity contribution in [2.45, 2.75) is 25.2 Å². The quantitative estimate of drug-likeness (QED) is 0.920. The van der Waals surface area contributed by atoms with Gasteiger partial charge in [-0.1, -0.05) is 25.1 Å². The number of rotatable bonds is 4. The lowest BCUT2D eigenvalue weighted by atomic mass is 9.96. The number of carbonyl (C=O) groups is 1. The Morgan fingerprint density at radius 1 is 1.10 bits per heavy atom. The van der Waals surface area contributed by atoms with Crippen molar-refractivity contribution in [3.05, 3.63) is 59.7 Å². The monoisotopic (exact) mass is 281 g/mol. The second-order valence-electron chi connectivity index (χ2n) is 5.79. The molecule has 0 atom stereocenters. The van der Waals surface area contributed by atoms with Gasteiger partial charge in [-0.25, -0.2) is 0 Å². The Labute approximate surface area is 124 Å². The van der Waals surface area contributed by atoms with E-state index in [1.54, 1.807) is 31.4 Å². The van der Waals surface area contributed by atoms with Crippen molar-refractivity contribution in [3.8, 4) is 5.75 Å². The molecule has 3 heteroatoms. The van der Waals surface area contributed by atoms with Gasteiger partial charge in [0.25, 0.3) is 5.91 Å². The van der Waals surface area contributed by atoms with Crippen molar-refractivity contribution in [1.29, 1.82) is 0 Å². The average molecular weight is 281 g/mol. The molecule has 1 aliphatic carbocycles. The average Bonchev–Trinajstić information content (AvgIpc) is 3.26. The number of benzene rings is 2. The number of nitrogens with one attached hydrogen (secondary N) is 1. The van der Waals surface area contributed by atoms with E-state index in [-0.39, 0.29) is 11.3 Å². The second-order valence-corrected chi connectivity index (χ2v) is 5.79. The van der Waals surface area contributed by atoms with Gasteiger partial charge in [0, 0.05) is 11.3 Å². The molecule has 0 heterocycles. The molecule has 1 N–H and O–H groups in total. The van der Waals surface area contributed by atoms with Crippen LogP contribution in [0.2, 0.25) is 0 Å². The Kier molecular flexibility index (Phi) is 3.42. The normalized spacial score (nSPS) is 15.3. The van der Waals surface area contributed by atoms with Gasteiger partial charge in [-0.3, -0.25) is 4.79 Å². The molecule has 1 aliphatic rings. The molecule has 0 saturated heterocycles. The van der Waals surface area contributed by atoms with Crippen LogP contribution in [0.4, 0.5) is 5.69 Å². The summed E-state index contributed by atoms with van der Waals surface area (Å²) in [6, 6.07) is 15.2. The minimum Gasteiger partial charge on any atom is -0.497 e. The highest BCUT2D eigenvalue weighted by Gasteiger charge is 2.40. The zero-order chi connectivity index (χ0) is 14.9. The van der Waals surface area contributed by atoms with Crippen LogP contribution in [0.3, 0.4) is 0 Å². The maximum Gasteiger partial charge on any atom is 0.255 e. The van der Waals surface area contributed by atoms with Crippen LogP contribution in [0.5, 0.6) is 5.75 Å². The van der Waals surface area contributed by atoms with Crippen LogP contribution in [-0.2, 0) is 5.41 Å². The van der Waals surface area contributed by atoms with E-state index in [4.69, 9.17) is 4.74 Å². The largest absolute Gasteiger partial charge is 0.497 e. The van der Waals surface area contributed by atoms with Crippen molar-refractivity contribution in [2.24, 2.45) is 0 Å². The molecule has 2 aromatic carbocycles. The number of hydrogen-bond acceptors (Lipinski definition) is 2. The van der Waals surface area contributed by atoms with E-state index in [1.807, 2.05) is 18.2 Å². The molecular formula is C18H19NO2. The first kappa shape index (κ1) is 13.7. The molecule has 2 aromatic rings. The van der Waals surface area contributed by atoms with Gasteiger partial charge in [0.1, 0.15) is 5.75 Å². The third-order valence-electron chi connectivity index (χ3n) is 4.18. The molecule has 0 aliphatic heterocycles. The van der Waals surface area contributed by atoms with Crippen molar-refractivity contribution >= 4 is 11.6 Å². The summed E-state index contributed by atoms with van der Waals surface area (Å²) in [4.78, 5) is 12.4. The summed E-state index contributed by atoms with van der Waals surface area (Å²) in [6.45, 7) is 2.24. The van der Waals surface area contributed by atoms with E-state index in [0.29, 0.717) is 5.56 Å². The topological polar surface area (TPSA) is 38.3 Å². The number of methoxy groups -OCH3 is 1. The van der Waals surface area contributed by atoms with E-state index in [0.717, 1.165) is 11.4 Å². The molecule has 3 nitrogen and oxygen atoms in total. The molecule has 1 saturated carbocycles. The SMILES string of the molecule is COc1ccc(C(=O)Nc2ccccc2C2(C)CC2)cc1.